The van der Waals surface area contributed by atoms with Gasteiger partial charge in [0.1, 0.15) is 17.9 Å². The lowest BCUT2D eigenvalue weighted by molar-refractivity contribution is 0.0257. The molecule has 6 nitrogen and oxygen atoms in total. The van der Waals surface area contributed by atoms with Gasteiger partial charge < -0.3 is 19.4 Å². The summed E-state index contributed by atoms with van der Waals surface area (Å²) in [6.07, 6.45) is 1.42. The Morgan fingerprint density at radius 1 is 1.15 bits per heavy atom. The number of halogens is 1. The Kier molecular flexibility index (Phi) is 5.91. The number of nitrogens with zero attached hydrogens (tertiary/aromatic N) is 2. The Hall–Kier alpha value is -3.16. The van der Waals surface area contributed by atoms with Gasteiger partial charge in [0.25, 0.3) is 5.91 Å². The number of aromatic nitrogens is 2. The average molecular weight is 480 g/mol. The molecule has 8 heteroatoms. The first-order valence-corrected chi connectivity index (χ1v) is 11.8. The molecule has 0 saturated heterocycles. The highest BCUT2D eigenvalue weighted by molar-refractivity contribution is 7.99. The Bertz CT molecular complexity index is 1310. The van der Waals surface area contributed by atoms with Crippen molar-refractivity contribution in [3.05, 3.63) is 77.6 Å². The molecule has 168 valence electrons. The first-order valence-electron chi connectivity index (χ1n) is 10.6. The molecule has 33 heavy (non-hydrogen) atoms. The molecule has 1 aliphatic rings. The fourth-order valence-electron chi connectivity index (χ4n) is 3.76. The van der Waals surface area contributed by atoms with E-state index in [0.717, 1.165) is 20.9 Å². The molecule has 3 heterocycles. The second kappa shape index (κ2) is 9.00. The number of pyridine rings is 1. The predicted molar refractivity (Wildman–Crippen MR) is 130 cm³/mol. The zero-order chi connectivity index (χ0) is 22.9. The van der Waals surface area contributed by atoms with E-state index in [1.807, 2.05) is 67.6 Å². The van der Waals surface area contributed by atoms with Crippen LogP contribution in [0.3, 0.4) is 0 Å². The summed E-state index contributed by atoms with van der Waals surface area (Å²) in [5.74, 6) is 1.27. The van der Waals surface area contributed by atoms with E-state index >= 15 is 0 Å². The molecule has 0 fully saturated rings. The number of amides is 1. The number of aromatic amines is 1. The third-order valence-corrected chi connectivity index (χ3v) is 7.16. The van der Waals surface area contributed by atoms with Crippen molar-refractivity contribution in [3.63, 3.8) is 0 Å². The van der Waals surface area contributed by atoms with Gasteiger partial charge in [-0.25, -0.2) is 4.98 Å². The van der Waals surface area contributed by atoms with Crippen LogP contribution in [0.15, 0.2) is 76.7 Å². The number of H-pyrrole nitrogens is 1. The molecule has 4 aromatic rings. The van der Waals surface area contributed by atoms with Crippen LogP contribution in [0, 0.1) is 0 Å². The number of benzene rings is 2. The van der Waals surface area contributed by atoms with Gasteiger partial charge in [0, 0.05) is 28.5 Å². The summed E-state index contributed by atoms with van der Waals surface area (Å²) in [5, 5.41) is 1.56. The lowest BCUT2D eigenvalue weighted by Crippen LogP contribution is -2.49. The van der Waals surface area contributed by atoms with Gasteiger partial charge in [-0.05, 0) is 55.5 Å². The van der Waals surface area contributed by atoms with E-state index in [4.69, 9.17) is 21.1 Å². The zero-order valence-electron chi connectivity index (χ0n) is 18.1. The number of nitrogens with one attached hydrogen (secondary N) is 1. The molecule has 2 aromatic heterocycles. The topological polar surface area (TPSA) is 67.5 Å². The van der Waals surface area contributed by atoms with Crippen molar-refractivity contribution in [3.8, 4) is 11.5 Å². The van der Waals surface area contributed by atoms with Gasteiger partial charge in [-0.3, -0.25) is 4.79 Å². The van der Waals surface area contributed by atoms with Crippen molar-refractivity contribution >= 4 is 40.3 Å². The lowest BCUT2D eigenvalue weighted by atomic mass is 10.1. The van der Waals surface area contributed by atoms with E-state index in [2.05, 4.69) is 9.97 Å². The number of para-hydroxylation sites is 2. The normalized spacial score (nSPS) is 15.9. The Labute approximate surface area is 200 Å². The number of hydrogen-bond donors (Lipinski definition) is 1. The number of ether oxygens (including phenoxy) is 2. The molecular formula is C25H22ClN3O3S. The maximum absolute atomic E-state index is 13.6. The molecule has 1 N–H and O–H groups in total. The SMILES string of the molecule is CC(C1COc2ccccc2O1)N(C)C(=O)c1[nH]c2ncccc2c1Sc1ccc(Cl)cc1. The summed E-state index contributed by atoms with van der Waals surface area (Å²) < 4.78 is 12.0. The van der Waals surface area contributed by atoms with Crippen LogP contribution in [-0.4, -0.2) is 46.6 Å². The van der Waals surface area contributed by atoms with Gasteiger partial charge in [-0.1, -0.05) is 35.5 Å². The van der Waals surface area contributed by atoms with Gasteiger partial charge in [-0.15, -0.1) is 0 Å². The van der Waals surface area contributed by atoms with E-state index in [-0.39, 0.29) is 18.1 Å². The Morgan fingerprint density at radius 2 is 1.91 bits per heavy atom. The maximum Gasteiger partial charge on any atom is 0.271 e. The van der Waals surface area contributed by atoms with Crippen molar-refractivity contribution in [2.75, 3.05) is 13.7 Å². The highest BCUT2D eigenvalue weighted by atomic mass is 35.5. The van der Waals surface area contributed by atoms with Crippen molar-refractivity contribution < 1.29 is 14.3 Å². The molecule has 0 spiro atoms. The van der Waals surface area contributed by atoms with Crippen molar-refractivity contribution in [2.45, 2.75) is 28.9 Å². The van der Waals surface area contributed by atoms with Crippen LogP contribution in [-0.2, 0) is 0 Å². The quantitative estimate of drug-likeness (QED) is 0.399. The van der Waals surface area contributed by atoms with Crippen molar-refractivity contribution in [2.24, 2.45) is 0 Å². The van der Waals surface area contributed by atoms with Crippen LogP contribution >= 0.6 is 23.4 Å². The summed E-state index contributed by atoms with van der Waals surface area (Å²) in [6, 6.07) is 18.7. The summed E-state index contributed by atoms with van der Waals surface area (Å²) in [6.45, 7) is 2.34. The first-order chi connectivity index (χ1) is 16.0. The number of carbonyl (C=O) groups excluding carboxylic acids is 1. The maximum atomic E-state index is 13.6. The minimum atomic E-state index is -0.288. The number of carbonyl (C=O) groups is 1. The fourth-order valence-corrected chi connectivity index (χ4v) is 4.91. The van der Waals surface area contributed by atoms with Crippen LogP contribution in [0.2, 0.25) is 5.02 Å². The van der Waals surface area contributed by atoms with Crippen molar-refractivity contribution in [1.29, 1.82) is 0 Å². The fraction of sp³-hybridized carbons (Fsp3) is 0.200. The largest absolute Gasteiger partial charge is 0.486 e. The third-order valence-electron chi connectivity index (χ3n) is 5.77. The second-order valence-electron chi connectivity index (χ2n) is 7.86. The van der Waals surface area contributed by atoms with Crippen LogP contribution in [0.4, 0.5) is 0 Å². The standard InChI is InChI=1S/C25H22ClN3O3S/c1-15(21-14-31-19-7-3-4-8-20(19)32-21)29(2)25(30)22-23(18-6-5-13-27-24(18)28-22)33-17-11-9-16(26)10-12-17/h3-13,15,21H,14H2,1-2H3,(H,27,28). The van der Waals surface area contributed by atoms with E-state index in [9.17, 15) is 4.79 Å². The molecular weight excluding hydrogens is 458 g/mol. The average Bonchev–Trinajstić information content (AvgIpc) is 3.22. The molecule has 2 aromatic carbocycles. The van der Waals surface area contributed by atoms with Crippen LogP contribution in [0.1, 0.15) is 17.4 Å². The number of hydrogen-bond acceptors (Lipinski definition) is 5. The monoisotopic (exact) mass is 479 g/mol. The molecule has 5 rings (SSSR count). The highest BCUT2D eigenvalue weighted by Crippen LogP contribution is 2.37. The summed E-state index contributed by atoms with van der Waals surface area (Å²) in [4.78, 5) is 24.8. The van der Waals surface area contributed by atoms with E-state index in [1.54, 1.807) is 18.1 Å². The van der Waals surface area contributed by atoms with Crippen LogP contribution in [0.25, 0.3) is 11.0 Å². The summed E-state index contributed by atoms with van der Waals surface area (Å²) in [7, 11) is 1.78. The van der Waals surface area contributed by atoms with Gasteiger partial charge >= 0.3 is 0 Å². The van der Waals surface area contributed by atoms with E-state index in [0.29, 0.717) is 28.7 Å². The van der Waals surface area contributed by atoms with Crippen LogP contribution < -0.4 is 9.47 Å². The summed E-state index contributed by atoms with van der Waals surface area (Å²) in [5.41, 5.74) is 1.17. The van der Waals surface area contributed by atoms with E-state index in [1.165, 1.54) is 11.8 Å². The van der Waals surface area contributed by atoms with E-state index < -0.39 is 0 Å². The molecule has 1 amide bonds. The first kappa shape index (κ1) is 21.7. The summed E-state index contributed by atoms with van der Waals surface area (Å²) >= 11 is 7.55. The number of rotatable bonds is 5. The molecule has 0 radical (unpaired) electrons. The number of fused-ring (bicyclic) bond motifs is 2. The van der Waals surface area contributed by atoms with Crippen molar-refractivity contribution in [1.82, 2.24) is 14.9 Å². The van der Waals surface area contributed by atoms with Crippen LogP contribution in [0.5, 0.6) is 11.5 Å². The third kappa shape index (κ3) is 4.26. The van der Waals surface area contributed by atoms with Gasteiger partial charge in [-0.2, -0.15) is 0 Å². The minimum absolute atomic E-state index is 0.139. The molecule has 2 unspecified atom stereocenters. The lowest BCUT2D eigenvalue weighted by Gasteiger charge is -2.35. The van der Waals surface area contributed by atoms with Gasteiger partial charge in [0.2, 0.25) is 0 Å². The Morgan fingerprint density at radius 3 is 2.70 bits per heavy atom. The number of likely N-dealkylation sites (N-methyl/N-ethyl adjacent to an activating group) is 1. The highest BCUT2D eigenvalue weighted by Gasteiger charge is 2.32. The predicted octanol–water partition coefficient (Wildman–Crippen LogP) is 5.67. The smallest absolute Gasteiger partial charge is 0.271 e. The zero-order valence-corrected chi connectivity index (χ0v) is 19.7. The Balaban J connectivity index is 1.43. The molecule has 2 atom stereocenters. The minimum Gasteiger partial charge on any atom is -0.486 e. The second-order valence-corrected chi connectivity index (χ2v) is 9.38. The molecule has 1 aliphatic heterocycles. The van der Waals surface area contributed by atoms with Gasteiger partial charge in [0.05, 0.1) is 10.9 Å². The van der Waals surface area contributed by atoms with Gasteiger partial charge in [0.15, 0.2) is 17.6 Å². The molecule has 0 bridgehead atoms. The molecule has 0 saturated carbocycles. The molecule has 0 aliphatic carbocycles.